The lowest BCUT2D eigenvalue weighted by Gasteiger charge is -2.05. The molecule has 1 aromatic heterocycles. The Morgan fingerprint density at radius 1 is 1.07 bits per heavy atom. The highest BCUT2D eigenvalue weighted by atomic mass is 32.1. The van der Waals surface area contributed by atoms with Crippen LogP contribution < -0.4 is 21.2 Å². The summed E-state index contributed by atoms with van der Waals surface area (Å²) in [4.78, 5) is 31.9. The van der Waals surface area contributed by atoms with Crippen LogP contribution in [0.15, 0.2) is 53.5 Å². The molecule has 7 nitrogen and oxygen atoms in total. The Morgan fingerprint density at radius 2 is 1.78 bits per heavy atom. The Labute approximate surface area is 157 Å². The molecule has 2 heterocycles. The average molecular weight is 378 g/mol. The van der Waals surface area contributed by atoms with E-state index in [2.05, 4.69) is 20.6 Å². The maximum absolute atomic E-state index is 12.3. The zero-order valence-corrected chi connectivity index (χ0v) is 15.0. The first kappa shape index (κ1) is 16.9. The average Bonchev–Trinajstić information content (AvgIpc) is 3.14. The number of thiazole rings is 1. The van der Waals surface area contributed by atoms with E-state index in [4.69, 9.17) is 0 Å². The lowest BCUT2D eigenvalue weighted by atomic mass is 10.1. The van der Waals surface area contributed by atoms with Gasteiger partial charge in [-0.05, 0) is 30.3 Å². The third kappa shape index (κ3) is 3.30. The van der Waals surface area contributed by atoms with E-state index in [0.717, 1.165) is 5.69 Å². The molecule has 1 aliphatic rings. The summed E-state index contributed by atoms with van der Waals surface area (Å²) in [6, 6.07) is 14.2. The largest absolute Gasteiger partial charge is 0.492 e. The molecule has 2 aromatic carbocycles. The highest BCUT2D eigenvalue weighted by molar-refractivity contribution is 7.17. The molecule has 134 valence electrons. The molecule has 27 heavy (non-hydrogen) atoms. The smallest absolute Gasteiger partial charge is 0.279 e. The van der Waals surface area contributed by atoms with Crippen molar-refractivity contribution in [2.75, 3.05) is 10.6 Å². The number of aromatic nitrogens is 1. The SMILES string of the molecule is CC(=O)Nc1ccc(Nc2nc(O)c(C3=c4ccccc4=NC3=O)s2)cc1. The predicted octanol–water partition coefficient (Wildman–Crippen LogP) is 1.91. The fraction of sp³-hybridized carbons (Fsp3) is 0.0526. The number of amides is 2. The summed E-state index contributed by atoms with van der Waals surface area (Å²) in [5, 5.41) is 17.8. The van der Waals surface area contributed by atoms with Gasteiger partial charge in [0, 0.05) is 23.5 Å². The lowest BCUT2D eigenvalue weighted by molar-refractivity contribution is -0.114. The Bertz CT molecular complexity index is 1180. The van der Waals surface area contributed by atoms with Crippen molar-refractivity contribution in [2.45, 2.75) is 6.92 Å². The number of benzene rings is 2. The van der Waals surface area contributed by atoms with E-state index in [-0.39, 0.29) is 17.7 Å². The van der Waals surface area contributed by atoms with E-state index >= 15 is 0 Å². The molecule has 0 atom stereocenters. The van der Waals surface area contributed by atoms with Crippen LogP contribution in [0.5, 0.6) is 5.88 Å². The fourth-order valence-corrected chi connectivity index (χ4v) is 3.71. The predicted molar refractivity (Wildman–Crippen MR) is 103 cm³/mol. The fourth-order valence-electron chi connectivity index (χ4n) is 2.77. The minimum atomic E-state index is -0.388. The molecular formula is C19H14N4O3S. The van der Waals surface area contributed by atoms with Gasteiger partial charge in [0.25, 0.3) is 5.91 Å². The van der Waals surface area contributed by atoms with Gasteiger partial charge in [0.1, 0.15) is 4.88 Å². The molecule has 4 rings (SSSR count). The van der Waals surface area contributed by atoms with Crippen LogP contribution in [0.3, 0.4) is 0 Å². The summed E-state index contributed by atoms with van der Waals surface area (Å²) >= 11 is 1.17. The highest BCUT2D eigenvalue weighted by Gasteiger charge is 2.24. The van der Waals surface area contributed by atoms with Gasteiger partial charge in [-0.2, -0.15) is 4.98 Å². The molecule has 0 unspecified atom stereocenters. The minimum Gasteiger partial charge on any atom is -0.492 e. The Hall–Kier alpha value is -3.52. The van der Waals surface area contributed by atoms with Crippen LogP contribution in [0.1, 0.15) is 11.8 Å². The number of rotatable bonds is 4. The molecule has 0 aliphatic carbocycles. The first-order chi connectivity index (χ1) is 13.0. The number of carbonyl (C=O) groups is 2. The van der Waals surface area contributed by atoms with Gasteiger partial charge in [0.2, 0.25) is 11.8 Å². The zero-order chi connectivity index (χ0) is 19.0. The van der Waals surface area contributed by atoms with Crippen LogP contribution in [0.2, 0.25) is 0 Å². The van der Waals surface area contributed by atoms with Crippen LogP contribution in [0.4, 0.5) is 16.5 Å². The van der Waals surface area contributed by atoms with E-state index in [1.165, 1.54) is 18.3 Å². The Kier molecular flexibility index (Phi) is 4.17. The third-order valence-corrected chi connectivity index (χ3v) is 4.88. The zero-order valence-electron chi connectivity index (χ0n) is 14.2. The first-order valence-electron chi connectivity index (χ1n) is 8.08. The maximum atomic E-state index is 12.3. The van der Waals surface area contributed by atoms with Crippen molar-refractivity contribution >= 4 is 45.2 Å². The molecule has 3 aromatic rings. The number of hydrogen-bond donors (Lipinski definition) is 3. The standard InChI is InChI=1S/C19H14N4O3S/c1-10(24)20-11-6-8-12(9-7-11)21-19-23-18(26)16(27-19)15-13-4-2-3-5-14(13)22-17(15)25/h2-9,26H,1H3,(H,20,24)(H,21,23). The molecule has 0 spiro atoms. The number of fused-ring (bicyclic) bond motifs is 1. The molecule has 8 heteroatoms. The molecule has 0 saturated carbocycles. The van der Waals surface area contributed by atoms with Crippen LogP contribution in [0, 0.1) is 0 Å². The van der Waals surface area contributed by atoms with E-state index in [0.29, 0.717) is 31.8 Å². The van der Waals surface area contributed by atoms with Gasteiger partial charge in [-0.25, -0.2) is 4.99 Å². The van der Waals surface area contributed by atoms with Crippen molar-refractivity contribution in [3.05, 3.63) is 64.0 Å². The van der Waals surface area contributed by atoms with Crippen LogP contribution in [-0.4, -0.2) is 21.9 Å². The molecule has 0 fully saturated rings. The second-order valence-corrected chi connectivity index (χ2v) is 6.86. The second kappa shape index (κ2) is 6.65. The summed E-state index contributed by atoms with van der Waals surface area (Å²) in [5.41, 5.74) is 1.77. The normalized spacial score (nSPS) is 12.5. The maximum Gasteiger partial charge on any atom is 0.279 e. The number of aromatic hydroxyl groups is 1. The molecule has 0 radical (unpaired) electrons. The van der Waals surface area contributed by atoms with Crippen molar-refractivity contribution in [3.8, 4) is 5.88 Å². The highest BCUT2D eigenvalue weighted by Crippen LogP contribution is 2.35. The van der Waals surface area contributed by atoms with Crippen LogP contribution in [-0.2, 0) is 9.59 Å². The number of nitrogens with zero attached hydrogens (tertiary/aromatic N) is 2. The molecule has 0 saturated heterocycles. The quantitative estimate of drug-likeness (QED) is 0.643. The van der Waals surface area contributed by atoms with Crippen LogP contribution >= 0.6 is 11.3 Å². The number of hydrogen-bond acceptors (Lipinski definition) is 6. The van der Waals surface area contributed by atoms with Crippen LogP contribution in [0.25, 0.3) is 5.57 Å². The van der Waals surface area contributed by atoms with Gasteiger partial charge < -0.3 is 15.7 Å². The van der Waals surface area contributed by atoms with Gasteiger partial charge in [-0.1, -0.05) is 29.5 Å². The minimum absolute atomic E-state index is 0.144. The Morgan fingerprint density at radius 3 is 2.52 bits per heavy atom. The number of carbonyl (C=O) groups excluding carboxylic acids is 2. The molecule has 1 aliphatic heterocycles. The van der Waals surface area contributed by atoms with Crippen molar-refractivity contribution in [1.29, 1.82) is 0 Å². The van der Waals surface area contributed by atoms with E-state index in [1.54, 1.807) is 36.4 Å². The van der Waals surface area contributed by atoms with Crippen molar-refractivity contribution < 1.29 is 14.7 Å². The van der Waals surface area contributed by atoms with Gasteiger partial charge >= 0.3 is 0 Å². The third-order valence-electron chi connectivity index (χ3n) is 3.90. The first-order valence-corrected chi connectivity index (χ1v) is 8.90. The summed E-state index contributed by atoms with van der Waals surface area (Å²) in [6.07, 6.45) is 0. The monoisotopic (exact) mass is 378 g/mol. The van der Waals surface area contributed by atoms with E-state index < -0.39 is 0 Å². The molecular weight excluding hydrogens is 364 g/mol. The second-order valence-electron chi connectivity index (χ2n) is 5.86. The Balaban J connectivity index is 1.64. The van der Waals surface area contributed by atoms with Gasteiger partial charge in [0.15, 0.2) is 5.13 Å². The van der Waals surface area contributed by atoms with Crippen molar-refractivity contribution in [2.24, 2.45) is 4.99 Å². The van der Waals surface area contributed by atoms with Gasteiger partial charge in [-0.15, -0.1) is 0 Å². The summed E-state index contributed by atoms with van der Waals surface area (Å²) in [5.74, 6) is -0.747. The topological polar surface area (TPSA) is 104 Å². The lowest BCUT2D eigenvalue weighted by Crippen LogP contribution is -2.22. The number of anilines is 3. The van der Waals surface area contributed by atoms with Gasteiger partial charge in [0.05, 0.1) is 10.9 Å². The number of nitrogens with one attached hydrogen (secondary N) is 2. The van der Waals surface area contributed by atoms with E-state index in [1.807, 2.05) is 12.1 Å². The van der Waals surface area contributed by atoms with Crippen molar-refractivity contribution in [1.82, 2.24) is 4.98 Å². The summed E-state index contributed by atoms with van der Waals surface area (Å²) in [7, 11) is 0. The van der Waals surface area contributed by atoms with Crippen molar-refractivity contribution in [3.63, 3.8) is 0 Å². The van der Waals surface area contributed by atoms with E-state index in [9.17, 15) is 14.7 Å². The number of para-hydroxylation sites is 1. The molecule has 2 amide bonds. The summed E-state index contributed by atoms with van der Waals surface area (Å²) < 4.78 is 0. The summed E-state index contributed by atoms with van der Waals surface area (Å²) in [6.45, 7) is 1.44. The molecule has 0 bridgehead atoms. The molecule has 3 N–H and O–H groups in total. The van der Waals surface area contributed by atoms with Gasteiger partial charge in [-0.3, -0.25) is 9.59 Å².